The van der Waals surface area contributed by atoms with E-state index < -0.39 is 0 Å². The quantitative estimate of drug-likeness (QED) is 0.320. The van der Waals surface area contributed by atoms with Crippen LogP contribution in [0.3, 0.4) is 0 Å². The van der Waals surface area contributed by atoms with Crippen LogP contribution < -0.4 is 15.7 Å². The Bertz CT molecular complexity index is 805. The first-order chi connectivity index (χ1) is 13.3. The van der Waals surface area contributed by atoms with Gasteiger partial charge in [-0.15, -0.1) is 0 Å². The van der Waals surface area contributed by atoms with Gasteiger partial charge in [0.1, 0.15) is 13.5 Å². The number of rotatable bonds is 8. The van der Waals surface area contributed by atoms with E-state index in [2.05, 4.69) is 15.3 Å². The van der Waals surface area contributed by atoms with Gasteiger partial charge >= 0.3 is 0 Å². The third-order valence-corrected chi connectivity index (χ3v) is 3.63. The van der Waals surface area contributed by atoms with Crippen LogP contribution >= 0.6 is 0 Å². The molecule has 8 nitrogen and oxygen atoms in total. The number of ether oxygens (including phenoxy) is 1. The van der Waals surface area contributed by atoms with Gasteiger partial charge in [-0.25, -0.2) is 9.97 Å². The first kappa shape index (κ1) is 18.5. The summed E-state index contributed by atoms with van der Waals surface area (Å²) >= 11 is 0. The van der Waals surface area contributed by atoms with Crippen LogP contribution in [0.1, 0.15) is 10.4 Å². The first-order valence-corrected chi connectivity index (χ1v) is 8.25. The fourth-order valence-corrected chi connectivity index (χ4v) is 2.40. The lowest BCUT2D eigenvalue weighted by molar-refractivity contribution is 0.0158. The minimum absolute atomic E-state index is 0.0473. The third kappa shape index (κ3) is 4.85. The summed E-state index contributed by atoms with van der Waals surface area (Å²) in [5.41, 5.74) is 3.95. The zero-order valence-electron chi connectivity index (χ0n) is 14.4. The predicted molar refractivity (Wildman–Crippen MR) is 99.9 cm³/mol. The van der Waals surface area contributed by atoms with E-state index in [4.69, 9.17) is 9.94 Å². The van der Waals surface area contributed by atoms with Gasteiger partial charge in [0, 0.05) is 23.8 Å². The molecule has 3 rings (SSSR count). The van der Waals surface area contributed by atoms with Gasteiger partial charge in [-0.05, 0) is 24.3 Å². The van der Waals surface area contributed by atoms with E-state index in [-0.39, 0.29) is 19.4 Å². The average molecular weight is 365 g/mol. The first-order valence-electron chi connectivity index (χ1n) is 8.25. The molecule has 0 unspecified atom stereocenters. The molecule has 0 aliphatic carbocycles. The van der Waals surface area contributed by atoms with Crippen molar-refractivity contribution >= 4 is 23.2 Å². The molecule has 1 heterocycles. The summed E-state index contributed by atoms with van der Waals surface area (Å²) in [5, 5.41) is 10.9. The van der Waals surface area contributed by atoms with Crippen molar-refractivity contribution in [3.63, 3.8) is 0 Å². The molecule has 8 heteroatoms. The molecular weight excluding hydrogens is 346 g/mol. The maximum absolute atomic E-state index is 12.1. The lowest BCUT2D eigenvalue weighted by Gasteiger charge is -2.22. The highest BCUT2D eigenvalue weighted by Gasteiger charge is 2.15. The van der Waals surface area contributed by atoms with E-state index in [0.29, 0.717) is 11.5 Å². The Hall–Kier alpha value is -3.33. The highest BCUT2D eigenvalue weighted by atomic mass is 16.6. The van der Waals surface area contributed by atoms with Crippen molar-refractivity contribution in [1.29, 1.82) is 0 Å². The number of aromatic nitrogens is 2. The number of hydrogen-bond donors (Lipinski definition) is 3. The lowest BCUT2D eigenvalue weighted by atomic mass is 10.2. The molecule has 2 aromatic carbocycles. The molecule has 0 spiro atoms. The monoisotopic (exact) mass is 365 g/mol. The molecule has 0 aliphatic heterocycles. The lowest BCUT2D eigenvalue weighted by Crippen LogP contribution is -2.28. The van der Waals surface area contributed by atoms with Gasteiger partial charge in [-0.1, -0.05) is 36.4 Å². The molecule has 0 radical (unpaired) electrons. The van der Waals surface area contributed by atoms with E-state index >= 15 is 0 Å². The standard InChI is InChI=1S/C19H19N5O3/c25-18(22-13-27-14-23-26)15-11-20-19(21-12-15)24(16-7-3-1-4-8-16)17-9-5-2-6-10-17/h1-12,23,26H,13-14H2,(H,22,25). The number of carbonyl (C=O) groups excluding carboxylic acids is 1. The van der Waals surface area contributed by atoms with Crippen LogP contribution in [0, 0.1) is 0 Å². The highest BCUT2D eigenvalue weighted by molar-refractivity contribution is 5.93. The van der Waals surface area contributed by atoms with Crippen LogP contribution in [0.25, 0.3) is 0 Å². The second-order valence-electron chi connectivity index (χ2n) is 5.44. The molecule has 0 atom stereocenters. The molecule has 0 bridgehead atoms. The average Bonchev–Trinajstić information content (AvgIpc) is 2.73. The summed E-state index contributed by atoms with van der Waals surface area (Å²) in [7, 11) is 0. The third-order valence-electron chi connectivity index (χ3n) is 3.63. The number of anilines is 3. The summed E-state index contributed by atoms with van der Waals surface area (Å²) in [4.78, 5) is 22.7. The Morgan fingerprint density at radius 3 is 2.00 bits per heavy atom. The van der Waals surface area contributed by atoms with E-state index in [1.54, 1.807) is 0 Å². The summed E-state index contributed by atoms with van der Waals surface area (Å²) < 4.78 is 4.91. The molecule has 0 saturated carbocycles. The molecule has 27 heavy (non-hydrogen) atoms. The number of benzene rings is 2. The fourth-order valence-electron chi connectivity index (χ4n) is 2.40. The molecule has 0 fully saturated rings. The molecular formula is C19H19N5O3. The molecule has 0 aliphatic rings. The SMILES string of the molecule is O=C(NCOCNO)c1cnc(N(c2ccccc2)c2ccccc2)nc1. The van der Waals surface area contributed by atoms with Gasteiger partial charge in [0.15, 0.2) is 0 Å². The number of hydrogen-bond acceptors (Lipinski definition) is 7. The van der Waals surface area contributed by atoms with E-state index in [1.165, 1.54) is 12.4 Å². The molecule has 0 saturated heterocycles. The fraction of sp³-hybridized carbons (Fsp3) is 0.105. The van der Waals surface area contributed by atoms with Gasteiger partial charge in [-0.3, -0.25) is 9.69 Å². The smallest absolute Gasteiger partial charge is 0.256 e. The van der Waals surface area contributed by atoms with E-state index in [1.807, 2.05) is 71.0 Å². The number of nitrogens with zero attached hydrogens (tertiary/aromatic N) is 3. The van der Waals surface area contributed by atoms with Crippen molar-refractivity contribution in [2.24, 2.45) is 0 Å². The number of nitrogens with one attached hydrogen (secondary N) is 2. The second-order valence-corrected chi connectivity index (χ2v) is 5.44. The molecule has 3 aromatic rings. The van der Waals surface area contributed by atoms with Crippen LogP contribution in [0.4, 0.5) is 17.3 Å². The Morgan fingerprint density at radius 1 is 0.926 bits per heavy atom. The molecule has 1 aromatic heterocycles. The van der Waals surface area contributed by atoms with Crippen LogP contribution in [0.5, 0.6) is 0 Å². The largest absolute Gasteiger partial charge is 0.344 e. The maximum atomic E-state index is 12.1. The summed E-state index contributed by atoms with van der Waals surface area (Å²) in [5.74, 6) is 0.0788. The highest BCUT2D eigenvalue weighted by Crippen LogP contribution is 2.31. The second kappa shape index (κ2) is 9.39. The zero-order chi connectivity index (χ0) is 18.9. The Balaban J connectivity index is 1.81. The topological polar surface area (TPSA) is 99.6 Å². The molecule has 3 N–H and O–H groups in total. The van der Waals surface area contributed by atoms with E-state index in [0.717, 1.165) is 11.4 Å². The summed E-state index contributed by atoms with van der Waals surface area (Å²) in [6, 6.07) is 19.5. The summed E-state index contributed by atoms with van der Waals surface area (Å²) in [6.45, 7) is -0.132. The van der Waals surface area contributed by atoms with Crippen molar-refractivity contribution in [3.8, 4) is 0 Å². The number of para-hydroxylation sites is 2. The van der Waals surface area contributed by atoms with Crippen LogP contribution in [0.15, 0.2) is 73.1 Å². The van der Waals surface area contributed by atoms with Crippen LogP contribution in [-0.4, -0.2) is 34.5 Å². The maximum Gasteiger partial charge on any atom is 0.256 e. The van der Waals surface area contributed by atoms with Gasteiger partial charge in [0.2, 0.25) is 5.95 Å². The van der Waals surface area contributed by atoms with Crippen LogP contribution in [-0.2, 0) is 4.74 Å². The Kier molecular flexibility index (Phi) is 6.42. The van der Waals surface area contributed by atoms with Gasteiger partial charge in [-0.2, -0.15) is 5.48 Å². The van der Waals surface area contributed by atoms with E-state index in [9.17, 15) is 4.79 Å². The van der Waals surface area contributed by atoms with Crippen molar-refractivity contribution in [2.75, 3.05) is 18.4 Å². The Morgan fingerprint density at radius 2 is 1.48 bits per heavy atom. The van der Waals surface area contributed by atoms with Gasteiger partial charge in [0.05, 0.1) is 5.56 Å². The minimum Gasteiger partial charge on any atom is -0.344 e. The van der Waals surface area contributed by atoms with Crippen LogP contribution in [0.2, 0.25) is 0 Å². The van der Waals surface area contributed by atoms with Crippen molar-refractivity contribution < 1.29 is 14.7 Å². The molecule has 1 amide bonds. The zero-order valence-corrected chi connectivity index (χ0v) is 14.4. The van der Waals surface area contributed by atoms with Gasteiger partial charge < -0.3 is 15.3 Å². The molecule has 138 valence electrons. The minimum atomic E-state index is -0.370. The number of amides is 1. The normalized spacial score (nSPS) is 10.4. The number of carbonyl (C=O) groups is 1. The number of hydroxylamine groups is 1. The van der Waals surface area contributed by atoms with Gasteiger partial charge in [0.25, 0.3) is 5.91 Å². The van der Waals surface area contributed by atoms with Crippen molar-refractivity contribution in [1.82, 2.24) is 20.8 Å². The Labute approximate surface area is 156 Å². The van der Waals surface area contributed by atoms with Crippen molar-refractivity contribution in [3.05, 3.63) is 78.6 Å². The summed E-state index contributed by atoms with van der Waals surface area (Å²) in [6.07, 6.45) is 2.92. The van der Waals surface area contributed by atoms with Crippen molar-refractivity contribution in [2.45, 2.75) is 0 Å². The predicted octanol–water partition coefficient (Wildman–Crippen LogP) is 2.59.